The van der Waals surface area contributed by atoms with E-state index in [0.717, 1.165) is 13.0 Å². The van der Waals surface area contributed by atoms with Gasteiger partial charge in [0.25, 0.3) is 5.91 Å². The minimum atomic E-state index is -0.0884. The van der Waals surface area contributed by atoms with Crippen LogP contribution in [-0.2, 0) is 0 Å². The molecule has 2 aromatic rings. The fourth-order valence-electron chi connectivity index (χ4n) is 2.26. The van der Waals surface area contributed by atoms with Gasteiger partial charge in [0, 0.05) is 38.6 Å². The molecule has 0 radical (unpaired) electrons. The summed E-state index contributed by atoms with van der Waals surface area (Å²) in [6.07, 6.45) is 6.99. The van der Waals surface area contributed by atoms with Crippen LogP contribution in [0, 0.1) is 0 Å². The van der Waals surface area contributed by atoms with Gasteiger partial charge in [-0.05, 0) is 12.5 Å². The minimum Gasteiger partial charge on any atom is -0.451 e. The number of carbonyl (C=O) groups excluding carboxylic acids is 1. The third-order valence-electron chi connectivity index (χ3n) is 3.27. The molecule has 0 aromatic carbocycles. The molecule has 0 aliphatic carbocycles. The molecule has 1 amide bonds. The lowest BCUT2D eigenvalue weighted by Gasteiger charge is -2.21. The van der Waals surface area contributed by atoms with E-state index in [2.05, 4.69) is 19.9 Å². The number of hydrogen-bond acceptors (Lipinski definition) is 6. The van der Waals surface area contributed by atoms with Crippen molar-refractivity contribution in [3.63, 3.8) is 0 Å². The molecule has 7 nitrogen and oxygen atoms in total. The third-order valence-corrected chi connectivity index (χ3v) is 3.27. The Morgan fingerprint density at radius 3 is 2.70 bits per heavy atom. The lowest BCUT2D eigenvalue weighted by molar-refractivity contribution is 0.0761. The molecule has 3 rings (SSSR count). The highest BCUT2D eigenvalue weighted by atomic mass is 16.3. The quantitative estimate of drug-likeness (QED) is 0.806. The predicted molar refractivity (Wildman–Crippen MR) is 71.3 cm³/mol. The Hall–Kier alpha value is -2.44. The smallest absolute Gasteiger partial charge is 0.275 e. The second-order valence-electron chi connectivity index (χ2n) is 4.56. The van der Waals surface area contributed by atoms with Crippen molar-refractivity contribution >= 4 is 11.9 Å². The minimum absolute atomic E-state index is 0.0884. The molecule has 1 aliphatic heterocycles. The summed E-state index contributed by atoms with van der Waals surface area (Å²) in [5.74, 6) is 0.623. The number of carbonyl (C=O) groups is 1. The normalized spacial score (nSPS) is 16.0. The summed E-state index contributed by atoms with van der Waals surface area (Å²) in [5, 5.41) is 0. The van der Waals surface area contributed by atoms with Gasteiger partial charge in [0.2, 0.25) is 5.95 Å². The van der Waals surface area contributed by atoms with Gasteiger partial charge in [-0.15, -0.1) is 0 Å². The van der Waals surface area contributed by atoms with Crippen LogP contribution in [0.4, 0.5) is 5.95 Å². The second kappa shape index (κ2) is 5.68. The van der Waals surface area contributed by atoms with E-state index in [1.165, 1.54) is 12.7 Å². The molecular weight excluding hydrogens is 258 g/mol. The first-order valence-corrected chi connectivity index (χ1v) is 6.54. The Bertz CT molecular complexity index is 557. The number of oxazole rings is 1. The molecule has 7 heteroatoms. The van der Waals surface area contributed by atoms with Crippen molar-refractivity contribution in [3.05, 3.63) is 36.8 Å². The Balaban J connectivity index is 1.67. The summed E-state index contributed by atoms with van der Waals surface area (Å²) in [5.41, 5.74) is 0.356. The number of nitrogens with zero attached hydrogens (tertiary/aromatic N) is 5. The van der Waals surface area contributed by atoms with E-state index in [1.54, 1.807) is 23.4 Å². The maximum atomic E-state index is 12.2. The summed E-state index contributed by atoms with van der Waals surface area (Å²) in [7, 11) is 0. The molecule has 0 saturated carbocycles. The summed E-state index contributed by atoms with van der Waals surface area (Å²) in [6, 6.07) is 1.79. The SMILES string of the molecule is O=C(c1cocn1)N1CCCN(c2ncccn2)CC1. The van der Waals surface area contributed by atoms with Crippen LogP contribution in [0.5, 0.6) is 0 Å². The number of aromatic nitrogens is 3. The number of hydrogen-bond donors (Lipinski definition) is 0. The van der Waals surface area contributed by atoms with Crippen molar-refractivity contribution in [1.82, 2.24) is 19.9 Å². The zero-order valence-electron chi connectivity index (χ0n) is 11.0. The van der Waals surface area contributed by atoms with Gasteiger partial charge in [0.15, 0.2) is 12.1 Å². The molecule has 3 heterocycles. The van der Waals surface area contributed by atoms with Gasteiger partial charge >= 0.3 is 0 Å². The summed E-state index contributed by atoms with van der Waals surface area (Å²) in [6.45, 7) is 2.89. The standard InChI is InChI=1S/C13H15N5O2/c19-12(11-9-20-10-16-11)17-5-2-6-18(8-7-17)13-14-3-1-4-15-13/h1,3-4,9-10H,2,5-8H2. The first kappa shape index (κ1) is 12.6. The Morgan fingerprint density at radius 2 is 1.95 bits per heavy atom. The molecule has 20 heavy (non-hydrogen) atoms. The van der Waals surface area contributed by atoms with Crippen LogP contribution in [0.2, 0.25) is 0 Å². The van der Waals surface area contributed by atoms with Crippen LogP contribution in [0.25, 0.3) is 0 Å². The fraction of sp³-hybridized carbons (Fsp3) is 0.385. The molecule has 1 saturated heterocycles. The topological polar surface area (TPSA) is 75.4 Å². The van der Waals surface area contributed by atoms with Crippen molar-refractivity contribution in [1.29, 1.82) is 0 Å². The van der Waals surface area contributed by atoms with E-state index in [4.69, 9.17) is 4.42 Å². The molecule has 0 unspecified atom stereocenters. The van der Waals surface area contributed by atoms with Crippen LogP contribution in [0.1, 0.15) is 16.9 Å². The largest absolute Gasteiger partial charge is 0.451 e. The summed E-state index contributed by atoms with van der Waals surface area (Å²) < 4.78 is 4.86. The third kappa shape index (κ3) is 2.61. The number of rotatable bonds is 2. The van der Waals surface area contributed by atoms with E-state index in [-0.39, 0.29) is 5.91 Å². The molecule has 0 N–H and O–H groups in total. The maximum Gasteiger partial charge on any atom is 0.275 e. The van der Waals surface area contributed by atoms with Crippen molar-refractivity contribution in [2.45, 2.75) is 6.42 Å². The van der Waals surface area contributed by atoms with Crippen molar-refractivity contribution in [3.8, 4) is 0 Å². The fourth-order valence-corrected chi connectivity index (χ4v) is 2.26. The molecule has 104 valence electrons. The Labute approximate surface area is 116 Å². The Kier molecular flexibility index (Phi) is 3.58. The molecular formula is C13H15N5O2. The van der Waals surface area contributed by atoms with E-state index < -0.39 is 0 Å². The van der Waals surface area contributed by atoms with Gasteiger partial charge in [0.05, 0.1) is 0 Å². The summed E-state index contributed by atoms with van der Waals surface area (Å²) in [4.78, 5) is 28.5. The highest BCUT2D eigenvalue weighted by molar-refractivity contribution is 5.91. The summed E-state index contributed by atoms with van der Waals surface area (Å²) >= 11 is 0. The molecule has 0 spiro atoms. The monoisotopic (exact) mass is 273 g/mol. The van der Waals surface area contributed by atoms with Crippen molar-refractivity contribution < 1.29 is 9.21 Å². The molecule has 2 aromatic heterocycles. The van der Waals surface area contributed by atoms with Gasteiger partial charge in [-0.25, -0.2) is 15.0 Å². The van der Waals surface area contributed by atoms with Gasteiger partial charge in [0.1, 0.15) is 6.26 Å². The lowest BCUT2D eigenvalue weighted by Crippen LogP contribution is -2.35. The first-order chi connectivity index (χ1) is 9.84. The van der Waals surface area contributed by atoms with Gasteiger partial charge in [-0.3, -0.25) is 4.79 Å². The van der Waals surface area contributed by atoms with E-state index in [0.29, 0.717) is 31.3 Å². The Morgan fingerprint density at radius 1 is 1.10 bits per heavy atom. The van der Waals surface area contributed by atoms with Crippen LogP contribution in [0.15, 0.2) is 35.5 Å². The van der Waals surface area contributed by atoms with Crippen molar-refractivity contribution in [2.75, 3.05) is 31.1 Å². The van der Waals surface area contributed by atoms with Crippen LogP contribution in [-0.4, -0.2) is 51.9 Å². The second-order valence-corrected chi connectivity index (χ2v) is 4.56. The molecule has 1 aliphatic rings. The first-order valence-electron chi connectivity index (χ1n) is 6.54. The predicted octanol–water partition coefficient (Wildman–Crippen LogP) is 0.817. The number of amides is 1. The highest BCUT2D eigenvalue weighted by Crippen LogP contribution is 2.12. The molecule has 0 atom stereocenters. The van der Waals surface area contributed by atoms with Gasteiger partial charge in [-0.2, -0.15) is 0 Å². The average Bonchev–Trinajstić information content (AvgIpc) is 2.92. The average molecular weight is 273 g/mol. The van der Waals surface area contributed by atoms with Crippen LogP contribution in [0.3, 0.4) is 0 Å². The number of anilines is 1. The highest BCUT2D eigenvalue weighted by Gasteiger charge is 2.22. The van der Waals surface area contributed by atoms with E-state index in [9.17, 15) is 4.79 Å². The molecule has 1 fully saturated rings. The maximum absolute atomic E-state index is 12.2. The van der Waals surface area contributed by atoms with Gasteiger partial charge in [-0.1, -0.05) is 0 Å². The zero-order valence-corrected chi connectivity index (χ0v) is 11.0. The van der Waals surface area contributed by atoms with Crippen LogP contribution < -0.4 is 4.90 Å². The van der Waals surface area contributed by atoms with E-state index in [1.807, 2.05) is 0 Å². The van der Waals surface area contributed by atoms with E-state index >= 15 is 0 Å². The van der Waals surface area contributed by atoms with Crippen molar-refractivity contribution in [2.24, 2.45) is 0 Å². The molecule has 0 bridgehead atoms. The van der Waals surface area contributed by atoms with Crippen LogP contribution >= 0.6 is 0 Å². The lowest BCUT2D eigenvalue weighted by atomic mass is 10.3. The zero-order chi connectivity index (χ0) is 13.8. The van der Waals surface area contributed by atoms with Gasteiger partial charge < -0.3 is 14.2 Å².